The summed E-state index contributed by atoms with van der Waals surface area (Å²) >= 11 is 0. The minimum atomic E-state index is -1.21. The second kappa shape index (κ2) is 8.01. The van der Waals surface area contributed by atoms with Gasteiger partial charge < -0.3 is 14.6 Å². The number of esters is 1. The zero-order valence-corrected chi connectivity index (χ0v) is 23.1. The summed E-state index contributed by atoms with van der Waals surface area (Å²) < 4.78 is 12.5. The first-order chi connectivity index (χ1) is 16.7. The number of rotatable bonds is 2. The fourth-order valence-electron chi connectivity index (χ4n) is 8.68. The third-order valence-corrected chi connectivity index (χ3v) is 11.4. The highest BCUT2D eigenvalue weighted by molar-refractivity contribution is 5.92. The third-order valence-electron chi connectivity index (χ3n) is 11.4. The Morgan fingerprint density at radius 3 is 2.31 bits per heavy atom. The van der Waals surface area contributed by atoms with Crippen LogP contribution in [0.5, 0.6) is 0 Å². The van der Waals surface area contributed by atoms with Gasteiger partial charge in [-0.05, 0) is 49.1 Å². The largest absolute Gasteiger partial charge is 0.458 e. The highest BCUT2D eigenvalue weighted by atomic mass is 16.6. The smallest absolute Gasteiger partial charge is 0.338 e. The molecule has 4 aliphatic rings. The second-order valence-corrected chi connectivity index (χ2v) is 13.2. The van der Waals surface area contributed by atoms with Crippen LogP contribution in [0.2, 0.25) is 0 Å². The van der Waals surface area contributed by atoms with Crippen molar-refractivity contribution in [3.8, 4) is 0 Å². The lowest BCUT2D eigenvalue weighted by atomic mass is 9.40. The topological polar surface area (TPSA) is 72.8 Å². The number of hydrogen-bond donors (Lipinski definition) is 1. The molecule has 1 aliphatic heterocycles. The van der Waals surface area contributed by atoms with Crippen molar-refractivity contribution in [2.45, 2.75) is 86.0 Å². The number of ketones is 1. The molecule has 1 heterocycles. The molecule has 0 radical (unpaired) electrons. The Morgan fingerprint density at radius 1 is 1.08 bits per heavy atom. The van der Waals surface area contributed by atoms with Crippen LogP contribution in [0.15, 0.2) is 41.5 Å². The summed E-state index contributed by atoms with van der Waals surface area (Å²) in [6.07, 6.45) is 0.420. The van der Waals surface area contributed by atoms with Gasteiger partial charge in [0.05, 0.1) is 18.3 Å². The average Bonchev–Trinajstić information content (AvgIpc) is 2.83. The van der Waals surface area contributed by atoms with Crippen LogP contribution in [0.4, 0.5) is 0 Å². The Bertz CT molecular complexity index is 1120. The first-order valence-electron chi connectivity index (χ1n) is 13.6. The van der Waals surface area contributed by atoms with Crippen LogP contribution in [0.25, 0.3) is 0 Å². The van der Waals surface area contributed by atoms with Crippen molar-refractivity contribution in [2.75, 3.05) is 6.61 Å². The monoisotopic (exact) mass is 494 g/mol. The Balaban J connectivity index is 1.78. The molecule has 1 N–H and O–H groups in total. The van der Waals surface area contributed by atoms with Crippen molar-refractivity contribution >= 4 is 11.8 Å². The minimum absolute atomic E-state index is 0.0233. The van der Waals surface area contributed by atoms with Gasteiger partial charge in [0, 0.05) is 22.7 Å². The molecule has 5 nitrogen and oxygen atoms in total. The summed E-state index contributed by atoms with van der Waals surface area (Å²) in [5, 5.41) is 12.2. The predicted octanol–water partition coefficient (Wildman–Crippen LogP) is 5.61. The summed E-state index contributed by atoms with van der Waals surface area (Å²) in [4.78, 5) is 28.3. The number of aliphatic hydroxyl groups is 1. The van der Waals surface area contributed by atoms with E-state index in [9.17, 15) is 14.7 Å². The van der Waals surface area contributed by atoms with Gasteiger partial charge in [0.15, 0.2) is 0 Å². The van der Waals surface area contributed by atoms with Gasteiger partial charge in [0.1, 0.15) is 17.5 Å². The lowest BCUT2D eigenvalue weighted by Crippen LogP contribution is -2.77. The van der Waals surface area contributed by atoms with E-state index in [1.54, 1.807) is 12.1 Å². The van der Waals surface area contributed by atoms with E-state index < -0.39 is 39.8 Å². The standard InChI is InChI=1S/C31H42O5/c1-17-15-29(7)26(36-27(33)21-12-10-9-11-13-21)24-30(8,18(2)14-22-31(24,34)16-35-22)25(32)20(4)23(19(17)3)28(29,5)6/h9-13,17-18,20,22,24,26,34H,14-16H2,1-8H3/t17-,18-,20+,22+,24?,26?,29-,30+,31-/m0/s1. The lowest BCUT2D eigenvalue weighted by molar-refractivity contribution is -0.330. The molecule has 2 unspecified atom stereocenters. The van der Waals surface area contributed by atoms with Gasteiger partial charge >= 0.3 is 5.97 Å². The molecule has 196 valence electrons. The molecule has 5 heteroatoms. The lowest BCUT2D eigenvalue weighted by Gasteiger charge is -2.68. The van der Waals surface area contributed by atoms with Crippen molar-refractivity contribution in [2.24, 2.45) is 39.9 Å². The number of carbonyl (C=O) groups excluding carboxylic acids is 2. The van der Waals surface area contributed by atoms with Gasteiger partial charge in [-0.15, -0.1) is 0 Å². The Morgan fingerprint density at radius 2 is 1.72 bits per heavy atom. The molecule has 1 saturated heterocycles. The quantitative estimate of drug-likeness (QED) is 0.427. The molecule has 1 aromatic rings. The maximum Gasteiger partial charge on any atom is 0.338 e. The van der Waals surface area contributed by atoms with Gasteiger partial charge in [-0.3, -0.25) is 4.79 Å². The van der Waals surface area contributed by atoms with Crippen LogP contribution in [-0.4, -0.2) is 41.3 Å². The molecule has 0 aromatic heterocycles. The highest BCUT2D eigenvalue weighted by Gasteiger charge is 2.74. The fourth-order valence-corrected chi connectivity index (χ4v) is 8.68. The molecule has 9 atom stereocenters. The Labute approximate surface area is 215 Å². The van der Waals surface area contributed by atoms with Gasteiger partial charge in [-0.2, -0.15) is 0 Å². The normalized spacial score (nSPS) is 45.5. The van der Waals surface area contributed by atoms with Gasteiger partial charge in [0.2, 0.25) is 0 Å². The summed E-state index contributed by atoms with van der Waals surface area (Å²) in [5.74, 6) is -0.877. The van der Waals surface area contributed by atoms with Gasteiger partial charge in [-0.25, -0.2) is 4.79 Å². The molecule has 2 saturated carbocycles. The van der Waals surface area contributed by atoms with Crippen molar-refractivity contribution in [1.29, 1.82) is 0 Å². The number of ether oxygens (including phenoxy) is 2. The van der Waals surface area contributed by atoms with Gasteiger partial charge in [-0.1, -0.05) is 77.8 Å². The van der Waals surface area contributed by atoms with Crippen molar-refractivity contribution in [3.05, 3.63) is 47.0 Å². The second-order valence-electron chi connectivity index (χ2n) is 13.2. The predicted molar refractivity (Wildman–Crippen MR) is 138 cm³/mol. The zero-order valence-electron chi connectivity index (χ0n) is 23.1. The number of Topliss-reactive ketones (excluding diaryl/α,β-unsaturated/α-hetero) is 1. The van der Waals surface area contributed by atoms with Gasteiger partial charge in [0.25, 0.3) is 0 Å². The van der Waals surface area contributed by atoms with Crippen molar-refractivity contribution in [1.82, 2.24) is 0 Å². The van der Waals surface area contributed by atoms with Crippen LogP contribution >= 0.6 is 0 Å². The molecule has 3 aliphatic carbocycles. The van der Waals surface area contributed by atoms with Crippen LogP contribution in [0.1, 0.15) is 78.6 Å². The van der Waals surface area contributed by atoms with Crippen LogP contribution < -0.4 is 0 Å². The molecule has 3 fully saturated rings. The molecular formula is C31H42O5. The van der Waals surface area contributed by atoms with E-state index in [0.29, 0.717) is 12.0 Å². The Kier molecular flexibility index (Phi) is 5.71. The van der Waals surface area contributed by atoms with E-state index in [1.165, 1.54) is 11.1 Å². The van der Waals surface area contributed by atoms with Crippen molar-refractivity contribution < 1.29 is 24.2 Å². The summed E-state index contributed by atoms with van der Waals surface area (Å²) in [6.45, 7) is 17.4. The molecule has 5 rings (SSSR count). The van der Waals surface area contributed by atoms with E-state index in [-0.39, 0.29) is 36.2 Å². The van der Waals surface area contributed by atoms with E-state index in [0.717, 1.165) is 6.42 Å². The number of carbonyl (C=O) groups is 2. The first-order valence-corrected chi connectivity index (χ1v) is 13.6. The highest BCUT2D eigenvalue weighted by Crippen LogP contribution is 2.68. The van der Waals surface area contributed by atoms with E-state index in [1.807, 2.05) is 25.1 Å². The van der Waals surface area contributed by atoms with E-state index in [4.69, 9.17) is 9.47 Å². The average molecular weight is 495 g/mol. The Hall–Kier alpha value is -1.98. The fraction of sp³-hybridized carbons (Fsp3) is 0.677. The van der Waals surface area contributed by atoms with Crippen molar-refractivity contribution in [3.63, 3.8) is 0 Å². The molecule has 36 heavy (non-hydrogen) atoms. The summed E-state index contributed by atoms with van der Waals surface area (Å²) in [7, 11) is 0. The zero-order chi connectivity index (χ0) is 26.4. The molecular weight excluding hydrogens is 452 g/mol. The van der Waals surface area contributed by atoms with E-state index >= 15 is 0 Å². The maximum atomic E-state index is 14.6. The number of allylic oxidation sites excluding steroid dienone is 2. The molecule has 2 bridgehead atoms. The maximum absolute atomic E-state index is 14.6. The SMILES string of the molecule is CC1=C2[C@@H](C)C(=O)[C@@]3(C)C(C(OC(=O)c4ccccc4)[C@](C)(C[C@@H]1C)C2(C)C)[C@]1(O)CO[C@@H]1C[C@@H]3C. The molecule has 0 spiro atoms. The first kappa shape index (κ1) is 25.7. The van der Waals surface area contributed by atoms with Crippen LogP contribution in [0, 0.1) is 39.9 Å². The molecule has 1 aromatic carbocycles. The number of hydrogen-bond acceptors (Lipinski definition) is 5. The summed E-state index contributed by atoms with van der Waals surface area (Å²) in [5.41, 5.74) is -0.0525. The van der Waals surface area contributed by atoms with E-state index in [2.05, 4.69) is 48.5 Å². The van der Waals surface area contributed by atoms with Crippen LogP contribution in [0.3, 0.4) is 0 Å². The number of fused-ring (bicyclic) bond motifs is 5. The molecule has 0 amide bonds. The number of benzene rings is 1. The summed E-state index contributed by atoms with van der Waals surface area (Å²) in [6, 6.07) is 9.05. The third kappa shape index (κ3) is 3.08. The van der Waals surface area contributed by atoms with Crippen LogP contribution in [-0.2, 0) is 14.3 Å². The minimum Gasteiger partial charge on any atom is -0.458 e.